The zero-order valence-electron chi connectivity index (χ0n) is 19.8. The highest BCUT2D eigenvalue weighted by atomic mass is 32.1. The highest BCUT2D eigenvalue weighted by Crippen LogP contribution is 2.37. The summed E-state index contributed by atoms with van der Waals surface area (Å²) in [5.74, 6) is 0.0412. The lowest BCUT2D eigenvalue weighted by atomic mass is 10.0. The molecule has 0 unspecified atom stereocenters. The number of aromatic carboxylic acids is 1. The predicted octanol–water partition coefficient (Wildman–Crippen LogP) is 4.63. The first-order valence-corrected chi connectivity index (χ1v) is 12.5. The molecule has 1 saturated heterocycles. The number of rotatable bonds is 3. The van der Waals surface area contributed by atoms with Crippen LogP contribution in [0, 0.1) is 0 Å². The number of hydrogen-bond acceptors (Lipinski definition) is 8. The Morgan fingerprint density at radius 1 is 0.917 bits per heavy atom. The van der Waals surface area contributed by atoms with E-state index >= 15 is 0 Å². The van der Waals surface area contributed by atoms with Crippen LogP contribution in [0.25, 0.3) is 32.2 Å². The Labute approximate surface area is 212 Å². The molecule has 0 radical (unpaired) electrons. The zero-order valence-corrected chi connectivity index (χ0v) is 20.7. The van der Waals surface area contributed by atoms with Crippen LogP contribution < -0.4 is 10.6 Å². The van der Waals surface area contributed by atoms with Crippen molar-refractivity contribution < 1.29 is 9.90 Å². The molecule has 5 aromatic rings. The minimum absolute atomic E-state index is 0.173. The maximum absolute atomic E-state index is 11.4. The second kappa shape index (κ2) is 10.3. The third-order valence-electron chi connectivity index (χ3n) is 6.22. The molecule has 9 heteroatoms. The van der Waals surface area contributed by atoms with Crippen LogP contribution in [0.15, 0.2) is 72.5 Å². The smallest absolute Gasteiger partial charge is 0.337 e. The molecule has 1 aliphatic heterocycles. The molecule has 3 aromatic heterocycles. The molecule has 2 aromatic carbocycles. The first-order chi connectivity index (χ1) is 17.5. The van der Waals surface area contributed by atoms with Crippen molar-refractivity contribution >= 4 is 49.9 Å². The summed E-state index contributed by atoms with van der Waals surface area (Å²) < 4.78 is 1.19. The van der Waals surface area contributed by atoms with Crippen molar-refractivity contribution in [3.05, 3.63) is 78.1 Å². The van der Waals surface area contributed by atoms with Crippen molar-refractivity contribution in [3.8, 4) is 11.1 Å². The molecule has 8 nitrogen and oxygen atoms in total. The van der Waals surface area contributed by atoms with Crippen LogP contribution in [0.1, 0.15) is 10.4 Å². The Morgan fingerprint density at radius 3 is 2.39 bits per heavy atom. The van der Waals surface area contributed by atoms with Gasteiger partial charge in [-0.2, -0.15) is 0 Å². The maximum Gasteiger partial charge on any atom is 0.337 e. The van der Waals surface area contributed by atoms with Crippen molar-refractivity contribution in [1.29, 1.82) is 0 Å². The second-order valence-corrected chi connectivity index (χ2v) is 9.52. The number of likely N-dealkylation sites (N-methyl/N-ethyl adjacent to an activating group) is 1. The number of carboxylic acids is 1. The molecule has 0 atom stereocenters. The number of piperazine rings is 1. The third-order valence-corrected chi connectivity index (χ3v) is 7.19. The van der Waals surface area contributed by atoms with Gasteiger partial charge in [0.1, 0.15) is 11.3 Å². The van der Waals surface area contributed by atoms with E-state index in [4.69, 9.17) is 5.73 Å². The van der Waals surface area contributed by atoms with Gasteiger partial charge < -0.3 is 20.6 Å². The SMILES string of the molecule is CN1CCN(c2ccc(N)cn2)CC1.O=C(O)c1ccc(-c2csc3ccccc23)c2nccnc12. The van der Waals surface area contributed by atoms with E-state index in [0.717, 1.165) is 54.2 Å². The van der Waals surface area contributed by atoms with Crippen LogP contribution in [-0.2, 0) is 0 Å². The van der Waals surface area contributed by atoms with Gasteiger partial charge in [-0.15, -0.1) is 11.3 Å². The fourth-order valence-electron chi connectivity index (χ4n) is 4.25. The standard InChI is InChI=1S/C17H10N2O2S.C10H16N4/c20-17(21)12-6-5-11(15-16(12)19-8-7-18-15)13-9-22-14-4-2-1-3-10(13)14;1-13-4-6-14(7-5-13)10-3-2-9(11)8-12-10/h1-9H,(H,20,21);2-3,8H,4-7,11H2,1H3. The van der Waals surface area contributed by atoms with E-state index in [1.807, 2.05) is 30.3 Å². The van der Waals surface area contributed by atoms with Gasteiger partial charge in [-0.05, 0) is 36.7 Å². The van der Waals surface area contributed by atoms with Crippen LogP contribution >= 0.6 is 11.3 Å². The van der Waals surface area contributed by atoms with Crippen LogP contribution in [0.2, 0.25) is 0 Å². The number of nitrogens with two attached hydrogens (primary N) is 1. The Kier molecular flexibility index (Phi) is 6.75. The number of carboxylic acid groups (broad SMARTS) is 1. The van der Waals surface area contributed by atoms with Crippen LogP contribution in [0.4, 0.5) is 11.5 Å². The van der Waals surface area contributed by atoms with Gasteiger partial charge in [-0.1, -0.05) is 24.3 Å². The summed E-state index contributed by atoms with van der Waals surface area (Å²) in [5, 5.41) is 12.5. The lowest BCUT2D eigenvalue weighted by Gasteiger charge is -2.33. The summed E-state index contributed by atoms with van der Waals surface area (Å²) >= 11 is 1.66. The molecule has 0 saturated carbocycles. The normalized spacial score (nSPS) is 14.0. The fraction of sp³-hybridized carbons (Fsp3) is 0.185. The number of anilines is 2. The minimum atomic E-state index is -0.993. The number of carbonyl (C=O) groups is 1. The van der Waals surface area contributed by atoms with E-state index < -0.39 is 5.97 Å². The molecule has 1 aliphatic rings. The molecule has 0 amide bonds. The number of hydrogen-bond donors (Lipinski definition) is 2. The molecule has 36 heavy (non-hydrogen) atoms. The van der Waals surface area contributed by atoms with E-state index in [1.165, 1.54) is 10.9 Å². The number of thiophene rings is 1. The average molecular weight is 499 g/mol. The lowest BCUT2D eigenvalue weighted by Crippen LogP contribution is -2.44. The lowest BCUT2D eigenvalue weighted by molar-refractivity contribution is 0.0699. The van der Waals surface area contributed by atoms with Gasteiger partial charge in [-0.25, -0.2) is 9.78 Å². The van der Waals surface area contributed by atoms with Crippen molar-refractivity contribution in [2.24, 2.45) is 0 Å². The van der Waals surface area contributed by atoms with Gasteiger partial charge in [-0.3, -0.25) is 9.97 Å². The monoisotopic (exact) mass is 498 g/mol. The summed E-state index contributed by atoms with van der Waals surface area (Å²) in [6, 6.07) is 15.4. The summed E-state index contributed by atoms with van der Waals surface area (Å²) in [6.45, 7) is 4.30. The predicted molar refractivity (Wildman–Crippen MR) is 146 cm³/mol. The first-order valence-electron chi connectivity index (χ1n) is 11.6. The highest BCUT2D eigenvalue weighted by Gasteiger charge is 2.17. The molecular formula is C27H26N6O2S. The molecule has 4 heterocycles. The summed E-state index contributed by atoms with van der Waals surface area (Å²) in [4.78, 5) is 28.9. The number of aromatic nitrogens is 3. The Bertz CT molecular complexity index is 1510. The van der Waals surface area contributed by atoms with Gasteiger partial charge in [0.05, 0.1) is 23.0 Å². The van der Waals surface area contributed by atoms with E-state index in [9.17, 15) is 9.90 Å². The number of pyridine rings is 1. The molecular weight excluding hydrogens is 472 g/mol. The number of nitrogens with zero attached hydrogens (tertiary/aromatic N) is 5. The summed E-state index contributed by atoms with van der Waals surface area (Å²) in [5.41, 5.74) is 9.49. The molecule has 3 N–H and O–H groups in total. The van der Waals surface area contributed by atoms with Crippen molar-refractivity contribution in [2.75, 3.05) is 43.9 Å². The Morgan fingerprint density at radius 2 is 1.67 bits per heavy atom. The average Bonchev–Trinajstić information content (AvgIpc) is 3.33. The van der Waals surface area contributed by atoms with Crippen LogP contribution in [-0.4, -0.2) is 64.2 Å². The maximum atomic E-state index is 11.4. The van der Waals surface area contributed by atoms with Gasteiger partial charge in [0, 0.05) is 59.8 Å². The van der Waals surface area contributed by atoms with E-state index in [-0.39, 0.29) is 5.56 Å². The summed E-state index contributed by atoms with van der Waals surface area (Å²) in [6.07, 6.45) is 4.82. The number of fused-ring (bicyclic) bond motifs is 2. The molecule has 0 spiro atoms. The minimum Gasteiger partial charge on any atom is -0.478 e. The van der Waals surface area contributed by atoms with Gasteiger partial charge in [0.25, 0.3) is 0 Å². The fourth-order valence-corrected chi connectivity index (χ4v) is 5.21. The van der Waals surface area contributed by atoms with Crippen molar-refractivity contribution in [3.63, 3.8) is 0 Å². The van der Waals surface area contributed by atoms with E-state index in [1.54, 1.807) is 29.8 Å². The van der Waals surface area contributed by atoms with Gasteiger partial charge in [0.15, 0.2) is 0 Å². The highest BCUT2D eigenvalue weighted by molar-refractivity contribution is 7.17. The van der Waals surface area contributed by atoms with E-state index in [0.29, 0.717) is 11.0 Å². The topological polar surface area (TPSA) is 108 Å². The largest absolute Gasteiger partial charge is 0.478 e. The van der Waals surface area contributed by atoms with Crippen molar-refractivity contribution in [1.82, 2.24) is 19.9 Å². The van der Waals surface area contributed by atoms with Crippen molar-refractivity contribution in [2.45, 2.75) is 0 Å². The second-order valence-electron chi connectivity index (χ2n) is 8.60. The Hall–Kier alpha value is -4.08. The molecule has 6 rings (SSSR count). The number of nitrogen functional groups attached to an aromatic ring is 1. The van der Waals surface area contributed by atoms with Crippen LogP contribution in [0.5, 0.6) is 0 Å². The molecule has 1 fully saturated rings. The Balaban J connectivity index is 0.000000165. The van der Waals surface area contributed by atoms with Gasteiger partial charge >= 0.3 is 5.97 Å². The van der Waals surface area contributed by atoms with Crippen LogP contribution in [0.3, 0.4) is 0 Å². The van der Waals surface area contributed by atoms with E-state index in [2.05, 4.69) is 49.3 Å². The van der Waals surface area contributed by atoms with Gasteiger partial charge in [0.2, 0.25) is 0 Å². The molecule has 0 bridgehead atoms. The summed E-state index contributed by atoms with van der Waals surface area (Å²) in [7, 11) is 2.15. The zero-order chi connectivity index (χ0) is 25.1. The quantitative estimate of drug-likeness (QED) is 0.371. The number of benzene rings is 2. The first kappa shape index (κ1) is 23.7. The molecule has 0 aliphatic carbocycles. The third kappa shape index (κ3) is 4.84. The molecule has 182 valence electrons.